The Bertz CT molecular complexity index is 777. The van der Waals surface area contributed by atoms with Crippen molar-refractivity contribution in [3.05, 3.63) is 29.1 Å². The number of ether oxygens (including phenoxy) is 3. The predicted molar refractivity (Wildman–Crippen MR) is 123 cm³/mol. The second-order valence-corrected chi connectivity index (χ2v) is 8.92. The molecule has 0 spiro atoms. The highest BCUT2D eigenvalue weighted by Gasteiger charge is 2.38. The molecule has 2 aliphatic heterocycles. The first-order valence-electron chi connectivity index (χ1n) is 12.1. The van der Waals surface area contributed by atoms with E-state index in [9.17, 15) is 4.39 Å². The molecule has 2 heterocycles. The Hall–Kier alpha value is -1.90. The molecule has 0 amide bonds. The number of rotatable bonds is 7. The molecule has 4 rings (SSSR count). The van der Waals surface area contributed by atoms with Gasteiger partial charge in [-0.05, 0) is 43.9 Å². The highest BCUT2D eigenvalue weighted by atomic mass is 19.1. The first-order valence-corrected chi connectivity index (χ1v) is 12.1. The van der Waals surface area contributed by atoms with Crippen LogP contribution in [0, 0.1) is 5.82 Å². The molecule has 1 saturated carbocycles. The number of guanidine groups is 1. The Morgan fingerprint density at radius 2 is 1.94 bits per heavy atom. The summed E-state index contributed by atoms with van der Waals surface area (Å²) in [6, 6.07) is 3.05. The van der Waals surface area contributed by atoms with Crippen LogP contribution in [0.1, 0.15) is 50.2 Å². The number of nitrogens with zero attached hydrogens (tertiary/aromatic N) is 2. The predicted octanol–water partition coefficient (Wildman–Crippen LogP) is 2.82. The molecule has 0 atom stereocenters. The van der Waals surface area contributed by atoms with Crippen LogP contribution in [-0.2, 0) is 22.5 Å². The van der Waals surface area contributed by atoms with E-state index < -0.39 is 0 Å². The molecule has 1 aromatic carbocycles. The van der Waals surface area contributed by atoms with Crippen LogP contribution in [0.4, 0.5) is 4.39 Å². The molecular formula is C24H37FN4O3. The molecule has 2 fully saturated rings. The van der Waals surface area contributed by atoms with Crippen LogP contribution in [0.15, 0.2) is 17.1 Å². The average Bonchev–Trinajstić information content (AvgIpc) is 2.83. The molecule has 7 nitrogen and oxygen atoms in total. The van der Waals surface area contributed by atoms with Crippen molar-refractivity contribution in [3.8, 4) is 5.75 Å². The lowest BCUT2D eigenvalue weighted by Crippen LogP contribution is -2.56. The van der Waals surface area contributed by atoms with E-state index in [1.165, 1.54) is 38.2 Å². The number of hydrogen-bond donors (Lipinski definition) is 2. The first kappa shape index (κ1) is 23.3. The van der Waals surface area contributed by atoms with Gasteiger partial charge in [0.25, 0.3) is 0 Å². The van der Waals surface area contributed by atoms with E-state index in [1.54, 1.807) is 6.07 Å². The topological polar surface area (TPSA) is 67.4 Å². The molecule has 0 bridgehead atoms. The molecule has 8 heteroatoms. The quantitative estimate of drug-likeness (QED) is 0.494. The summed E-state index contributed by atoms with van der Waals surface area (Å²) in [5.74, 6) is 1.33. The molecule has 32 heavy (non-hydrogen) atoms. The number of hydrogen-bond acceptors (Lipinski definition) is 5. The van der Waals surface area contributed by atoms with Gasteiger partial charge in [-0.15, -0.1) is 0 Å². The van der Waals surface area contributed by atoms with Gasteiger partial charge in [-0.1, -0.05) is 19.3 Å². The highest BCUT2D eigenvalue weighted by molar-refractivity contribution is 5.79. The normalized spacial score (nSPS) is 21.5. The van der Waals surface area contributed by atoms with Gasteiger partial charge in [-0.25, -0.2) is 4.39 Å². The van der Waals surface area contributed by atoms with Crippen LogP contribution in [-0.4, -0.2) is 69.1 Å². The fourth-order valence-electron chi connectivity index (χ4n) is 5.15. The number of fused-ring (bicyclic) bond motifs is 1. The van der Waals surface area contributed by atoms with Crippen molar-refractivity contribution >= 4 is 5.96 Å². The number of aliphatic imine (C=N–C) groups is 1. The van der Waals surface area contributed by atoms with Gasteiger partial charge in [-0.3, -0.25) is 9.89 Å². The summed E-state index contributed by atoms with van der Waals surface area (Å²) >= 11 is 0. The molecule has 178 valence electrons. The van der Waals surface area contributed by atoms with Crippen LogP contribution < -0.4 is 15.4 Å². The SMILES string of the molecule is CCNC(=NCC1(N2CCOCC2)CCCCC1)NCCc1cc(F)cc2c1OCOC2. The summed E-state index contributed by atoms with van der Waals surface area (Å²) in [6.45, 7) is 8.53. The Morgan fingerprint density at radius 3 is 2.72 bits per heavy atom. The molecular weight excluding hydrogens is 411 g/mol. The van der Waals surface area contributed by atoms with Crippen LogP contribution in [0.25, 0.3) is 0 Å². The zero-order valence-electron chi connectivity index (χ0n) is 19.3. The zero-order valence-corrected chi connectivity index (χ0v) is 19.3. The first-order chi connectivity index (χ1) is 15.7. The van der Waals surface area contributed by atoms with Gasteiger partial charge in [0.15, 0.2) is 12.8 Å². The number of benzene rings is 1. The summed E-state index contributed by atoms with van der Waals surface area (Å²) in [7, 11) is 0. The van der Waals surface area contributed by atoms with Gasteiger partial charge in [0.1, 0.15) is 11.6 Å². The van der Waals surface area contributed by atoms with Gasteiger partial charge in [0.2, 0.25) is 0 Å². The van der Waals surface area contributed by atoms with E-state index in [0.29, 0.717) is 19.6 Å². The lowest BCUT2D eigenvalue weighted by Gasteiger charge is -2.47. The van der Waals surface area contributed by atoms with E-state index in [4.69, 9.17) is 19.2 Å². The Morgan fingerprint density at radius 1 is 1.12 bits per heavy atom. The summed E-state index contributed by atoms with van der Waals surface area (Å²) in [6.07, 6.45) is 6.91. The fourth-order valence-corrected chi connectivity index (χ4v) is 5.15. The van der Waals surface area contributed by atoms with Crippen molar-refractivity contribution in [3.63, 3.8) is 0 Å². The summed E-state index contributed by atoms with van der Waals surface area (Å²) in [4.78, 5) is 7.62. The molecule has 1 aromatic rings. The van der Waals surface area contributed by atoms with Crippen LogP contribution >= 0.6 is 0 Å². The van der Waals surface area contributed by atoms with Crippen molar-refractivity contribution < 1.29 is 18.6 Å². The maximum absolute atomic E-state index is 14.0. The fraction of sp³-hybridized carbons (Fsp3) is 0.708. The van der Waals surface area contributed by atoms with E-state index in [2.05, 4.69) is 22.5 Å². The van der Waals surface area contributed by atoms with E-state index in [0.717, 1.165) is 62.2 Å². The molecule has 1 saturated heterocycles. The molecule has 0 radical (unpaired) electrons. The van der Waals surface area contributed by atoms with Gasteiger partial charge in [0, 0.05) is 37.3 Å². The van der Waals surface area contributed by atoms with Crippen LogP contribution in [0.3, 0.4) is 0 Å². The minimum atomic E-state index is -0.252. The number of morpholine rings is 1. The molecule has 3 aliphatic rings. The third kappa shape index (κ3) is 5.71. The lowest BCUT2D eigenvalue weighted by molar-refractivity contribution is -0.0333. The Kier molecular flexibility index (Phi) is 8.21. The second-order valence-electron chi connectivity index (χ2n) is 8.92. The van der Waals surface area contributed by atoms with Gasteiger partial charge in [0.05, 0.1) is 26.4 Å². The van der Waals surface area contributed by atoms with Crippen LogP contribution in [0.2, 0.25) is 0 Å². The molecule has 2 N–H and O–H groups in total. The van der Waals surface area contributed by atoms with Gasteiger partial charge >= 0.3 is 0 Å². The molecule has 1 aliphatic carbocycles. The standard InChI is InChI=1S/C24H37FN4O3/c1-2-26-23(27-9-6-19-14-21(25)15-20-16-31-18-32-22(19)20)28-17-24(7-4-3-5-8-24)29-10-12-30-13-11-29/h14-15H,2-13,16-18H2,1H3,(H2,26,27,28). The number of nitrogens with one attached hydrogen (secondary N) is 2. The third-order valence-corrected chi connectivity index (χ3v) is 6.78. The van der Waals surface area contributed by atoms with Crippen molar-refractivity contribution in [2.75, 3.05) is 52.7 Å². The zero-order chi connectivity index (χ0) is 22.2. The summed E-state index contributed by atoms with van der Waals surface area (Å²) in [5, 5.41) is 6.81. The van der Waals surface area contributed by atoms with Crippen LogP contribution in [0.5, 0.6) is 5.75 Å². The lowest BCUT2D eigenvalue weighted by atomic mass is 9.80. The number of halogens is 1. The van der Waals surface area contributed by atoms with Crippen molar-refractivity contribution in [1.29, 1.82) is 0 Å². The summed E-state index contributed by atoms with van der Waals surface area (Å²) in [5.41, 5.74) is 1.78. The molecule has 0 unspecified atom stereocenters. The van der Waals surface area contributed by atoms with E-state index >= 15 is 0 Å². The minimum absolute atomic E-state index is 0.139. The Balaban J connectivity index is 1.40. The van der Waals surface area contributed by atoms with E-state index in [1.807, 2.05) is 0 Å². The maximum atomic E-state index is 14.0. The highest BCUT2D eigenvalue weighted by Crippen LogP contribution is 2.34. The third-order valence-electron chi connectivity index (χ3n) is 6.78. The van der Waals surface area contributed by atoms with Crippen molar-refractivity contribution in [1.82, 2.24) is 15.5 Å². The monoisotopic (exact) mass is 448 g/mol. The molecule has 0 aromatic heterocycles. The smallest absolute Gasteiger partial charge is 0.191 e. The maximum Gasteiger partial charge on any atom is 0.191 e. The largest absolute Gasteiger partial charge is 0.467 e. The van der Waals surface area contributed by atoms with Gasteiger partial charge in [-0.2, -0.15) is 0 Å². The minimum Gasteiger partial charge on any atom is -0.467 e. The van der Waals surface area contributed by atoms with Crippen molar-refractivity contribution in [2.45, 2.75) is 57.6 Å². The van der Waals surface area contributed by atoms with Crippen molar-refractivity contribution in [2.24, 2.45) is 4.99 Å². The average molecular weight is 449 g/mol. The van der Waals surface area contributed by atoms with E-state index in [-0.39, 0.29) is 18.1 Å². The second kappa shape index (κ2) is 11.3. The summed E-state index contributed by atoms with van der Waals surface area (Å²) < 4.78 is 30.5. The Labute approximate surface area is 190 Å². The van der Waals surface area contributed by atoms with Gasteiger partial charge < -0.3 is 24.8 Å².